The first-order valence-corrected chi connectivity index (χ1v) is 7.31. The van der Waals surface area contributed by atoms with Gasteiger partial charge in [-0.25, -0.2) is 0 Å². The maximum absolute atomic E-state index is 5.69. The number of rotatable bonds is 9. The summed E-state index contributed by atoms with van der Waals surface area (Å²) in [6.45, 7) is 3.94. The van der Waals surface area contributed by atoms with Crippen molar-refractivity contribution >= 4 is 0 Å². The van der Waals surface area contributed by atoms with Crippen molar-refractivity contribution in [3.05, 3.63) is 12.2 Å². The van der Waals surface area contributed by atoms with E-state index < -0.39 is 0 Å². The lowest BCUT2D eigenvalue weighted by molar-refractivity contribution is -0.162. The lowest BCUT2D eigenvalue weighted by atomic mass is 10.1. The number of hydrogen-bond acceptors (Lipinski definition) is 2. The quantitative estimate of drug-likeness (QED) is 0.438. The lowest BCUT2D eigenvalue weighted by Gasteiger charge is -2.22. The van der Waals surface area contributed by atoms with Crippen molar-refractivity contribution in [1.29, 1.82) is 0 Å². The Hall–Kier alpha value is -0.340. The van der Waals surface area contributed by atoms with Crippen LogP contribution in [0.5, 0.6) is 0 Å². The Balaban J connectivity index is 1.79. The van der Waals surface area contributed by atoms with Crippen LogP contribution in [0.15, 0.2) is 12.2 Å². The molecule has 1 aliphatic rings. The molecule has 1 atom stereocenters. The molecule has 2 heteroatoms. The van der Waals surface area contributed by atoms with Gasteiger partial charge in [0.15, 0.2) is 6.29 Å². The van der Waals surface area contributed by atoms with Crippen LogP contribution in [0.4, 0.5) is 0 Å². The number of allylic oxidation sites excluding steroid dienone is 2. The van der Waals surface area contributed by atoms with E-state index in [1.165, 1.54) is 44.9 Å². The van der Waals surface area contributed by atoms with Gasteiger partial charge in [0, 0.05) is 13.2 Å². The second-order valence-corrected chi connectivity index (χ2v) is 4.75. The predicted molar refractivity (Wildman–Crippen MR) is 72.1 cm³/mol. The minimum Gasteiger partial charge on any atom is -0.353 e. The minimum absolute atomic E-state index is 0.0937. The van der Waals surface area contributed by atoms with E-state index in [0.29, 0.717) is 0 Å². The van der Waals surface area contributed by atoms with Crippen LogP contribution in [0.1, 0.15) is 64.7 Å². The molecule has 1 unspecified atom stereocenters. The normalized spacial score (nSPS) is 21.1. The van der Waals surface area contributed by atoms with Crippen molar-refractivity contribution < 1.29 is 9.47 Å². The second-order valence-electron chi connectivity index (χ2n) is 4.75. The maximum Gasteiger partial charge on any atom is 0.157 e. The topological polar surface area (TPSA) is 18.5 Å². The highest BCUT2D eigenvalue weighted by Crippen LogP contribution is 2.14. The molecule has 0 aromatic rings. The summed E-state index contributed by atoms with van der Waals surface area (Å²) in [7, 11) is 0. The number of ether oxygens (including phenoxy) is 2. The van der Waals surface area contributed by atoms with Gasteiger partial charge in [-0.3, -0.25) is 0 Å². The van der Waals surface area contributed by atoms with E-state index in [4.69, 9.17) is 9.47 Å². The Morgan fingerprint density at radius 3 is 2.76 bits per heavy atom. The average molecular weight is 240 g/mol. The van der Waals surface area contributed by atoms with E-state index in [0.717, 1.165) is 26.1 Å². The SMILES string of the molecule is CC/C=C/CCCCCCOC1CCCCO1. The van der Waals surface area contributed by atoms with E-state index in [2.05, 4.69) is 19.1 Å². The van der Waals surface area contributed by atoms with Crippen LogP contribution in [-0.2, 0) is 9.47 Å². The number of unbranched alkanes of at least 4 members (excludes halogenated alkanes) is 4. The molecular weight excluding hydrogens is 212 g/mol. The summed E-state index contributed by atoms with van der Waals surface area (Å²) in [5.41, 5.74) is 0. The first-order valence-electron chi connectivity index (χ1n) is 7.31. The van der Waals surface area contributed by atoms with Crippen LogP contribution in [0.3, 0.4) is 0 Å². The molecule has 0 saturated carbocycles. The van der Waals surface area contributed by atoms with Gasteiger partial charge in [-0.15, -0.1) is 0 Å². The molecule has 0 aromatic heterocycles. The third kappa shape index (κ3) is 8.39. The van der Waals surface area contributed by atoms with E-state index >= 15 is 0 Å². The van der Waals surface area contributed by atoms with Crippen LogP contribution >= 0.6 is 0 Å². The molecular formula is C15H28O2. The zero-order chi connectivity index (χ0) is 12.2. The number of hydrogen-bond donors (Lipinski definition) is 0. The molecule has 1 fully saturated rings. The van der Waals surface area contributed by atoms with Gasteiger partial charge in [0.05, 0.1) is 0 Å². The third-order valence-corrected chi connectivity index (χ3v) is 3.11. The van der Waals surface area contributed by atoms with Gasteiger partial charge in [0.1, 0.15) is 0 Å². The Morgan fingerprint density at radius 2 is 2.00 bits per heavy atom. The highest BCUT2D eigenvalue weighted by atomic mass is 16.7. The Morgan fingerprint density at radius 1 is 1.12 bits per heavy atom. The fourth-order valence-electron chi connectivity index (χ4n) is 2.06. The largest absolute Gasteiger partial charge is 0.353 e. The molecule has 0 bridgehead atoms. The van der Waals surface area contributed by atoms with Crippen molar-refractivity contribution in [2.75, 3.05) is 13.2 Å². The van der Waals surface area contributed by atoms with Crippen molar-refractivity contribution in [1.82, 2.24) is 0 Å². The monoisotopic (exact) mass is 240 g/mol. The van der Waals surface area contributed by atoms with Crippen LogP contribution in [-0.4, -0.2) is 19.5 Å². The molecule has 1 heterocycles. The molecule has 1 saturated heterocycles. The molecule has 0 spiro atoms. The molecule has 1 rings (SSSR count). The highest BCUT2D eigenvalue weighted by Gasteiger charge is 2.12. The van der Waals surface area contributed by atoms with E-state index in [1.54, 1.807) is 0 Å². The Labute approximate surface area is 106 Å². The Bertz CT molecular complexity index is 183. The summed E-state index contributed by atoms with van der Waals surface area (Å²) in [5, 5.41) is 0. The maximum atomic E-state index is 5.69. The van der Waals surface area contributed by atoms with Crippen LogP contribution < -0.4 is 0 Å². The summed E-state index contributed by atoms with van der Waals surface area (Å²) >= 11 is 0. The predicted octanol–water partition coefficient (Wildman–Crippen LogP) is 4.45. The summed E-state index contributed by atoms with van der Waals surface area (Å²) in [6.07, 6.45) is 15.7. The van der Waals surface area contributed by atoms with Gasteiger partial charge in [-0.05, 0) is 44.9 Å². The van der Waals surface area contributed by atoms with Crippen LogP contribution in [0, 0.1) is 0 Å². The van der Waals surface area contributed by atoms with Crippen LogP contribution in [0.2, 0.25) is 0 Å². The zero-order valence-corrected chi connectivity index (χ0v) is 11.3. The smallest absolute Gasteiger partial charge is 0.157 e. The van der Waals surface area contributed by atoms with Crippen molar-refractivity contribution in [2.45, 2.75) is 71.0 Å². The summed E-state index contributed by atoms with van der Waals surface area (Å²) in [4.78, 5) is 0. The fourth-order valence-corrected chi connectivity index (χ4v) is 2.06. The summed E-state index contributed by atoms with van der Waals surface area (Å²) in [6, 6.07) is 0. The molecule has 100 valence electrons. The van der Waals surface area contributed by atoms with Gasteiger partial charge < -0.3 is 9.47 Å². The van der Waals surface area contributed by atoms with Crippen LogP contribution in [0.25, 0.3) is 0 Å². The van der Waals surface area contributed by atoms with Gasteiger partial charge in [0.2, 0.25) is 0 Å². The third-order valence-electron chi connectivity index (χ3n) is 3.11. The standard InChI is InChI=1S/C15H28O2/c1-2-3-4-5-6-7-8-10-13-16-15-12-9-11-14-17-15/h3-4,15H,2,5-14H2,1H3/b4-3+. The molecule has 2 nitrogen and oxygen atoms in total. The molecule has 0 amide bonds. The molecule has 0 N–H and O–H groups in total. The first-order chi connectivity index (χ1) is 8.43. The molecule has 0 aliphatic carbocycles. The minimum atomic E-state index is 0.0937. The van der Waals surface area contributed by atoms with E-state index in [9.17, 15) is 0 Å². The van der Waals surface area contributed by atoms with Gasteiger partial charge in [0.25, 0.3) is 0 Å². The van der Waals surface area contributed by atoms with Gasteiger partial charge in [-0.1, -0.05) is 31.9 Å². The van der Waals surface area contributed by atoms with Gasteiger partial charge >= 0.3 is 0 Å². The van der Waals surface area contributed by atoms with Crippen molar-refractivity contribution in [3.8, 4) is 0 Å². The van der Waals surface area contributed by atoms with E-state index in [-0.39, 0.29) is 6.29 Å². The Kier molecular flexibility index (Phi) is 9.34. The van der Waals surface area contributed by atoms with E-state index in [1.807, 2.05) is 0 Å². The molecule has 17 heavy (non-hydrogen) atoms. The van der Waals surface area contributed by atoms with Crippen molar-refractivity contribution in [2.24, 2.45) is 0 Å². The fraction of sp³-hybridized carbons (Fsp3) is 0.867. The lowest BCUT2D eigenvalue weighted by Crippen LogP contribution is -2.22. The summed E-state index contributed by atoms with van der Waals surface area (Å²) < 4.78 is 11.2. The van der Waals surface area contributed by atoms with Crippen molar-refractivity contribution in [3.63, 3.8) is 0 Å². The highest BCUT2D eigenvalue weighted by molar-refractivity contribution is 4.79. The van der Waals surface area contributed by atoms with Gasteiger partial charge in [-0.2, -0.15) is 0 Å². The zero-order valence-electron chi connectivity index (χ0n) is 11.3. The molecule has 1 aliphatic heterocycles. The first kappa shape index (κ1) is 14.7. The molecule has 0 radical (unpaired) electrons. The second kappa shape index (κ2) is 10.8. The summed E-state index contributed by atoms with van der Waals surface area (Å²) in [5.74, 6) is 0. The molecule has 0 aromatic carbocycles. The average Bonchev–Trinajstić information content (AvgIpc) is 2.38.